The minimum atomic E-state index is -0.575. The summed E-state index contributed by atoms with van der Waals surface area (Å²) in [4.78, 5) is 22.0. The Morgan fingerprint density at radius 2 is 2.24 bits per heavy atom. The second kappa shape index (κ2) is 6.70. The van der Waals surface area contributed by atoms with Gasteiger partial charge in [-0.25, -0.2) is 4.79 Å². The van der Waals surface area contributed by atoms with Crippen LogP contribution in [0, 0.1) is 0 Å². The van der Waals surface area contributed by atoms with E-state index in [2.05, 4.69) is 10.1 Å². The maximum absolute atomic E-state index is 11.2. The number of halogens is 1. The van der Waals surface area contributed by atoms with Gasteiger partial charge in [-0.05, 0) is 23.8 Å². The molecule has 90 valence electrons. The molecule has 1 amide bonds. The normalized spacial score (nSPS) is 10.2. The van der Waals surface area contributed by atoms with E-state index >= 15 is 0 Å². The minimum Gasteiger partial charge on any atom is -0.452 e. The Kier molecular flexibility index (Phi) is 5.23. The quantitative estimate of drug-likeness (QED) is 0.656. The second-order valence-corrected chi connectivity index (χ2v) is 3.61. The highest BCUT2D eigenvalue weighted by atomic mass is 35.5. The number of amides is 1. The van der Waals surface area contributed by atoms with E-state index in [0.717, 1.165) is 5.56 Å². The first-order valence-electron chi connectivity index (χ1n) is 4.93. The predicted molar refractivity (Wildman–Crippen MR) is 65.5 cm³/mol. The fraction of sp³-hybridized carbons (Fsp3) is 0.167. The lowest BCUT2D eigenvalue weighted by molar-refractivity contribution is -0.143. The molecule has 4 nitrogen and oxygen atoms in total. The van der Waals surface area contributed by atoms with Gasteiger partial charge in [-0.15, -0.1) is 0 Å². The predicted octanol–water partition coefficient (Wildman–Crippen LogP) is 1.64. The van der Waals surface area contributed by atoms with Crippen LogP contribution in [0.5, 0.6) is 0 Å². The zero-order valence-electron chi connectivity index (χ0n) is 9.27. The van der Waals surface area contributed by atoms with E-state index in [4.69, 9.17) is 11.6 Å². The highest BCUT2D eigenvalue weighted by molar-refractivity contribution is 6.30. The molecule has 0 spiro atoms. The second-order valence-electron chi connectivity index (χ2n) is 3.17. The third kappa shape index (κ3) is 5.17. The van der Waals surface area contributed by atoms with Gasteiger partial charge in [-0.2, -0.15) is 0 Å². The lowest BCUT2D eigenvalue weighted by Crippen LogP contribution is -2.24. The van der Waals surface area contributed by atoms with Crippen LogP contribution in [-0.4, -0.2) is 25.5 Å². The van der Waals surface area contributed by atoms with E-state index in [-0.39, 0.29) is 12.5 Å². The highest BCUT2D eigenvalue weighted by Crippen LogP contribution is 2.11. The van der Waals surface area contributed by atoms with E-state index in [9.17, 15) is 9.59 Å². The van der Waals surface area contributed by atoms with Crippen LogP contribution < -0.4 is 5.32 Å². The van der Waals surface area contributed by atoms with Crippen molar-refractivity contribution < 1.29 is 14.3 Å². The standard InChI is InChI=1S/C12H12ClNO3/c1-14-11(15)8-17-12(16)6-5-9-3-2-4-10(13)7-9/h2-7H,8H2,1H3,(H,14,15)/b6-5+. The number of benzene rings is 1. The number of ether oxygens (including phenoxy) is 1. The van der Waals surface area contributed by atoms with Crippen molar-refractivity contribution in [3.8, 4) is 0 Å². The fourth-order valence-electron chi connectivity index (χ4n) is 1.03. The molecule has 0 radical (unpaired) electrons. The average molecular weight is 254 g/mol. The number of hydrogen-bond acceptors (Lipinski definition) is 3. The Morgan fingerprint density at radius 3 is 2.88 bits per heavy atom. The maximum Gasteiger partial charge on any atom is 0.331 e. The molecule has 0 saturated carbocycles. The molecular weight excluding hydrogens is 242 g/mol. The van der Waals surface area contributed by atoms with E-state index in [1.54, 1.807) is 30.3 Å². The molecule has 0 aliphatic rings. The zero-order valence-corrected chi connectivity index (χ0v) is 10.0. The lowest BCUT2D eigenvalue weighted by atomic mass is 10.2. The molecule has 1 N–H and O–H groups in total. The van der Waals surface area contributed by atoms with Crippen LogP contribution in [0.4, 0.5) is 0 Å². The van der Waals surface area contributed by atoms with Crippen LogP contribution in [0.3, 0.4) is 0 Å². The van der Waals surface area contributed by atoms with Crippen LogP contribution in [0.1, 0.15) is 5.56 Å². The van der Waals surface area contributed by atoms with Gasteiger partial charge in [0, 0.05) is 18.1 Å². The monoisotopic (exact) mass is 253 g/mol. The summed E-state index contributed by atoms with van der Waals surface area (Å²) in [5.74, 6) is -0.928. The Morgan fingerprint density at radius 1 is 1.47 bits per heavy atom. The van der Waals surface area contributed by atoms with Gasteiger partial charge in [0.2, 0.25) is 0 Å². The molecule has 0 atom stereocenters. The summed E-state index contributed by atoms with van der Waals surface area (Å²) < 4.78 is 4.68. The Balaban J connectivity index is 2.48. The summed E-state index contributed by atoms with van der Waals surface area (Å²) in [5.41, 5.74) is 0.786. The van der Waals surface area contributed by atoms with Gasteiger partial charge in [0.25, 0.3) is 5.91 Å². The SMILES string of the molecule is CNC(=O)COC(=O)/C=C/c1cccc(Cl)c1. The van der Waals surface area contributed by atoms with Crippen LogP contribution in [0.15, 0.2) is 30.3 Å². The van der Waals surface area contributed by atoms with Crippen molar-refractivity contribution in [3.63, 3.8) is 0 Å². The Hall–Kier alpha value is -1.81. The van der Waals surface area contributed by atoms with Gasteiger partial charge in [0.15, 0.2) is 6.61 Å². The number of carbonyl (C=O) groups is 2. The Bertz CT molecular complexity index is 443. The molecule has 17 heavy (non-hydrogen) atoms. The van der Waals surface area contributed by atoms with Crippen molar-refractivity contribution in [2.24, 2.45) is 0 Å². The molecule has 0 aromatic heterocycles. The number of nitrogens with one attached hydrogen (secondary N) is 1. The first-order chi connectivity index (χ1) is 8.11. The molecule has 1 rings (SSSR count). The van der Waals surface area contributed by atoms with Crippen LogP contribution in [0.2, 0.25) is 5.02 Å². The van der Waals surface area contributed by atoms with Crippen molar-refractivity contribution in [1.82, 2.24) is 5.32 Å². The number of carbonyl (C=O) groups excluding carboxylic acids is 2. The van der Waals surface area contributed by atoms with E-state index in [1.807, 2.05) is 0 Å². The van der Waals surface area contributed by atoms with Gasteiger partial charge in [-0.3, -0.25) is 4.79 Å². The largest absolute Gasteiger partial charge is 0.452 e. The van der Waals surface area contributed by atoms with Crippen molar-refractivity contribution in [3.05, 3.63) is 40.9 Å². The molecule has 0 heterocycles. The third-order valence-corrected chi connectivity index (χ3v) is 2.12. The number of rotatable bonds is 4. The summed E-state index contributed by atoms with van der Waals surface area (Å²) in [5, 5.41) is 2.93. The van der Waals surface area contributed by atoms with Gasteiger partial charge >= 0.3 is 5.97 Å². The molecule has 0 fully saturated rings. The minimum absolute atomic E-state index is 0.283. The average Bonchev–Trinajstić information content (AvgIpc) is 2.33. The van der Waals surface area contributed by atoms with Crippen LogP contribution in [-0.2, 0) is 14.3 Å². The molecule has 0 bridgehead atoms. The topological polar surface area (TPSA) is 55.4 Å². The third-order valence-electron chi connectivity index (χ3n) is 1.88. The van der Waals surface area contributed by atoms with Gasteiger partial charge < -0.3 is 10.1 Å². The van der Waals surface area contributed by atoms with E-state index in [0.29, 0.717) is 5.02 Å². The zero-order chi connectivity index (χ0) is 12.7. The molecule has 0 saturated heterocycles. The number of esters is 1. The van der Waals surface area contributed by atoms with Gasteiger partial charge in [0.1, 0.15) is 0 Å². The molecule has 0 aliphatic carbocycles. The molecule has 0 unspecified atom stereocenters. The highest BCUT2D eigenvalue weighted by Gasteiger charge is 2.01. The summed E-state index contributed by atoms with van der Waals surface area (Å²) in [6.45, 7) is -0.283. The summed E-state index contributed by atoms with van der Waals surface area (Å²) in [7, 11) is 1.47. The Labute approximate surface area is 104 Å². The number of hydrogen-bond donors (Lipinski definition) is 1. The molecular formula is C12H12ClNO3. The first-order valence-corrected chi connectivity index (χ1v) is 5.30. The summed E-state index contributed by atoms with van der Waals surface area (Å²) >= 11 is 5.78. The van der Waals surface area contributed by atoms with Gasteiger partial charge in [0.05, 0.1) is 0 Å². The molecule has 5 heteroatoms. The fourth-order valence-corrected chi connectivity index (χ4v) is 1.23. The van der Waals surface area contributed by atoms with E-state index in [1.165, 1.54) is 13.1 Å². The van der Waals surface area contributed by atoms with Crippen molar-refractivity contribution >= 4 is 29.6 Å². The molecule has 1 aromatic carbocycles. The maximum atomic E-state index is 11.2. The molecule has 1 aromatic rings. The number of likely N-dealkylation sites (N-methyl/N-ethyl adjacent to an activating group) is 1. The lowest BCUT2D eigenvalue weighted by Gasteiger charge is -1.99. The van der Waals surface area contributed by atoms with Crippen LogP contribution in [0.25, 0.3) is 6.08 Å². The first kappa shape index (κ1) is 13.3. The van der Waals surface area contributed by atoms with Crippen molar-refractivity contribution in [1.29, 1.82) is 0 Å². The van der Waals surface area contributed by atoms with Crippen molar-refractivity contribution in [2.75, 3.05) is 13.7 Å². The van der Waals surface area contributed by atoms with Crippen LogP contribution >= 0.6 is 11.6 Å². The summed E-state index contributed by atoms with van der Waals surface area (Å²) in [6.07, 6.45) is 2.81. The molecule has 0 aliphatic heterocycles. The summed E-state index contributed by atoms with van der Waals surface area (Å²) in [6, 6.07) is 7.03. The van der Waals surface area contributed by atoms with E-state index < -0.39 is 5.97 Å². The van der Waals surface area contributed by atoms with Crippen molar-refractivity contribution in [2.45, 2.75) is 0 Å². The van der Waals surface area contributed by atoms with Gasteiger partial charge in [-0.1, -0.05) is 23.7 Å². The smallest absolute Gasteiger partial charge is 0.331 e.